The summed E-state index contributed by atoms with van der Waals surface area (Å²) in [6, 6.07) is 0. The Balaban J connectivity index is 0.000000406. The van der Waals surface area contributed by atoms with E-state index in [1.807, 2.05) is 18.7 Å². The SMILES string of the molecule is CC(C)C(=O)N1CCCC1.O=C(C(=O)C(F)(F)F)C(F)(F)F. The third-order valence-corrected chi connectivity index (χ3v) is 2.63. The summed E-state index contributed by atoms with van der Waals surface area (Å²) in [6.45, 7) is 5.88. The van der Waals surface area contributed by atoms with E-state index < -0.39 is 23.9 Å². The lowest BCUT2D eigenvalue weighted by atomic mass is 10.2. The fraction of sp³-hybridized carbons (Fsp3) is 0.750. The zero-order valence-electron chi connectivity index (χ0n) is 11.8. The number of hydrogen-bond donors (Lipinski definition) is 0. The van der Waals surface area contributed by atoms with Gasteiger partial charge in [-0.25, -0.2) is 0 Å². The molecule has 1 aliphatic rings. The van der Waals surface area contributed by atoms with Gasteiger partial charge in [-0.2, -0.15) is 26.3 Å². The Morgan fingerprint density at radius 1 is 0.818 bits per heavy atom. The van der Waals surface area contributed by atoms with Gasteiger partial charge < -0.3 is 4.90 Å². The summed E-state index contributed by atoms with van der Waals surface area (Å²) in [6.07, 6.45) is -9.16. The summed E-state index contributed by atoms with van der Waals surface area (Å²) in [5.41, 5.74) is 0. The van der Waals surface area contributed by atoms with E-state index >= 15 is 0 Å². The van der Waals surface area contributed by atoms with E-state index in [-0.39, 0.29) is 5.92 Å². The maximum Gasteiger partial charge on any atom is 0.458 e. The van der Waals surface area contributed by atoms with Crippen LogP contribution in [0.2, 0.25) is 0 Å². The van der Waals surface area contributed by atoms with E-state index in [2.05, 4.69) is 0 Å². The number of likely N-dealkylation sites (tertiary alicyclic amines) is 1. The first kappa shape index (κ1) is 20.4. The number of rotatable bonds is 2. The molecule has 10 heteroatoms. The summed E-state index contributed by atoms with van der Waals surface area (Å²) in [7, 11) is 0. The second kappa shape index (κ2) is 7.59. The van der Waals surface area contributed by atoms with E-state index in [9.17, 15) is 40.7 Å². The Kier molecular flexibility index (Phi) is 7.04. The highest BCUT2D eigenvalue weighted by atomic mass is 19.4. The lowest BCUT2D eigenvalue weighted by molar-refractivity contribution is -0.193. The van der Waals surface area contributed by atoms with E-state index in [1.54, 1.807) is 0 Å². The van der Waals surface area contributed by atoms with Crippen LogP contribution in [0.25, 0.3) is 0 Å². The number of ketones is 2. The maximum atomic E-state index is 11.3. The second-order valence-corrected chi connectivity index (χ2v) is 4.84. The minimum atomic E-state index is -5.77. The number of Topliss-reactive ketones (excluding diaryl/α,β-unsaturated/α-hetero) is 2. The molecule has 0 aromatic rings. The lowest BCUT2D eigenvalue weighted by Crippen LogP contribution is -2.39. The van der Waals surface area contributed by atoms with Gasteiger partial charge in [0.25, 0.3) is 0 Å². The quantitative estimate of drug-likeness (QED) is 0.576. The normalized spacial score (nSPS) is 15.4. The summed E-state index contributed by atoms with van der Waals surface area (Å²) in [5.74, 6) is -6.32. The molecule has 0 unspecified atom stereocenters. The fourth-order valence-electron chi connectivity index (χ4n) is 1.56. The molecule has 1 rings (SSSR count). The number of carbonyl (C=O) groups is 3. The number of hydrogen-bond acceptors (Lipinski definition) is 3. The van der Waals surface area contributed by atoms with Crippen molar-refractivity contribution < 1.29 is 40.7 Å². The zero-order chi connectivity index (χ0) is 17.7. The number of amides is 1. The first-order valence-electron chi connectivity index (χ1n) is 6.30. The fourth-order valence-corrected chi connectivity index (χ4v) is 1.56. The molecule has 0 atom stereocenters. The monoisotopic (exact) mass is 335 g/mol. The highest BCUT2D eigenvalue weighted by Crippen LogP contribution is 2.24. The van der Waals surface area contributed by atoms with E-state index in [0.717, 1.165) is 13.1 Å². The van der Waals surface area contributed by atoms with Gasteiger partial charge in [-0.15, -0.1) is 0 Å². The largest absolute Gasteiger partial charge is 0.458 e. The predicted octanol–water partition coefficient (Wildman–Crippen LogP) is 2.51. The second-order valence-electron chi connectivity index (χ2n) is 4.84. The van der Waals surface area contributed by atoms with Gasteiger partial charge in [0.05, 0.1) is 0 Å². The Morgan fingerprint density at radius 3 is 1.36 bits per heavy atom. The number of halogens is 6. The van der Waals surface area contributed by atoms with Crippen molar-refractivity contribution in [2.45, 2.75) is 39.0 Å². The zero-order valence-corrected chi connectivity index (χ0v) is 11.8. The minimum Gasteiger partial charge on any atom is -0.342 e. The first-order valence-corrected chi connectivity index (χ1v) is 6.30. The molecule has 0 spiro atoms. The Hall–Kier alpha value is -1.61. The molecule has 1 fully saturated rings. The van der Waals surface area contributed by atoms with Gasteiger partial charge in [0, 0.05) is 19.0 Å². The highest BCUT2D eigenvalue weighted by Gasteiger charge is 2.54. The Labute approximate surface area is 122 Å². The van der Waals surface area contributed by atoms with Crippen LogP contribution >= 0.6 is 0 Å². The van der Waals surface area contributed by atoms with Crippen molar-refractivity contribution >= 4 is 17.5 Å². The Bertz CT molecular complexity index is 398. The van der Waals surface area contributed by atoms with Gasteiger partial charge >= 0.3 is 23.9 Å². The van der Waals surface area contributed by atoms with Crippen molar-refractivity contribution in [2.24, 2.45) is 5.92 Å². The molecule has 1 heterocycles. The lowest BCUT2D eigenvalue weighted by Gasteiger charge is -2.17. The molecule has 0 aromatic carbocycles. The van der Waals surface area contributed by atoms with Gasteiger partial charge in [-0.1, -0.05) is 13.8 Å². The van der Waals surface area contributed by atoms with Crippen molar-refractivity contribution in [3.8, 4) is 0 Å². The Morgan fingerprint density at radius 2 is 1.14 bits per heavy atom. The summed E-state index contributed by atoms with van der Waals surface area (Å²) >= 11 is 0. The molecular weight excluding hydrogens is 320 g/mol. The van der Waals surface area contributed by atoms with Crippen LogP contribution in [-0.2, 0) is 14.4 Å². The standard InChI is InChI=1S/C8H15NO.C4F6O2/c1-7(2)8(10)9-5-3-4-6-9;5-3(6,7)1(11)2(12)4(8,9)10/h7H,3-6H2,1-2H3;. The third-order valence-electron chi connectivity index (χ3n) is 2.63. The van der Waals surface area contributed by atoms with Crippen LogP contribution in [0.3, 0.4) is 0 Å². The molecule has 0 saturated carbocycles. The predicted molar refractivity (Wildman–Crippen MR) is 62.8 cm³/mol. The van der Waals surface area contributed by atoms with Crippen molar-refractivity contribution in [2.75, 3.05) is 13.1 Å². The number of carbonyl (C=O) groups excluding carboxylic acids is 3. The van der Waals surface area contributed by atoms with Crippen LogP contribution < -0.4 is 0 Å². The summed E-state index contributed by atoms with van der Waals surface area (Å²) in [4.78, 5) is 32.5. The number of alkyl halides is 6. The molecule has 0 radical (unpaired) electrons. The van der Waals surface area contributed by atoms with E-state index in [4.69, 9.17) is 0 Å². The van der Waals surface area contributed by atoms with Gasteiger partial charge in [0.15, 0.2) is 0 Å². The molecule has 0 N–H and O–H groups in total. The van der Waals surface area contributed by atoms with Crippen LogP contribution in [0.4, 0.5) is 26.3 Å². The molecule has 22 heavy (non-hydrogen) atoms. The number of nitrogens with zero attached hydrogens (tertiary/aromatic N) is 1. The van der Waals surface area contributed by atoms with Gasteiger partial charge in [0.1, 0.15) is 0 Å². The summed E-state index contributed by atoms with van der Waals surface area (Å²) < 4.78 is 67.0. The van der Waals surface area contributed by atoms with Crippen LogP contribution in [0.15, 0.2) is 0 Å². The molecule has 4 nitrogen and oxygen atoms in total. The van der Waals surface area contributed by atoms with Crippen LogP contribution in [0.1, 0.15) is 26.7 Å². The van der Waals surface area contributed by atoms with E-state index in [0.29, 0.717) is 5.91 Å². The van der Waals surface area contributed by atoms with Gasteiger partial charge in [0.2, 0.25) is 5.91 Å². The van der Waals surface area contributed by atoms with Crippen LogP contribution in [0, 0.1) is 5.92 Å². The maximum absolute atomic E-state index is 11.3. The average Bonchev–Trinajstić information content (AvgIpc) is 2.88. The minimum absolute atomic E-state index is 0.179. The average molecular weight is 335 g/mol. The van der Waals surface area contributed by atoms with Crippen molar-refractivity contribution in [1.29, 1.82) is 0 Å². The topological polar surface area (TPSA) is 54.5 Å². The van der Waals surface area contributed by atoms with Crippen molar-refractivity contribution in [1.82, 2.24) is 4.90 Å². The molecule has 0 aliphatic carbocycles. The molecule has 1 amide bonds. The smallest absolute Gasteiger partial charge is 0.342 e. The van der Waals surface area contributed by atoms with Crippen LogP contribution in [-0.4, -0.2) is 47.8 Å². The van der Waals surface area contributed by atoms with Crippen molar-refractivity contribution in [3.05, 3.63) is 0 Å². The van der Waals surface area contributed by atoms with E-state index in [1.165, 1.54) is 12.8 Å². The summed E-state index contributed by atoms with van der Waals surface area (Å²) in [5, 5.41) is 0. The molecule has 0 bridgehead atoms. The molecule has 1 aliphatic heterocycles. The molecule has 1 saturated heterocycles. The molecular formula is C12H15F6NO3. The van der Waals surface area contributed by atoms with Gasteiger partial charge in [-0.05, 0) is 12.8 Å². The molecule has 128 valence electrons. The van der Waals surface area contributed by atoms with Crippen LogP contribution in [0.5, 0.6) is 0 Å². The van der Waals surface area contributed by atoms with Gasteiger partial charge in [-0.3, -0.25) is 14.4 Å². The molecule has 0 aromatic heterocycles. The first-order chi connectivity index (χ1) is 9.78. The van der Waals surface area contributed by atoms with Crippen molar-refractivity contribution in [3.63, 3.8) is 0 Å². The third kappa shape index (κ3) is 6.44. The highest BCUT2D eigenvalue weighted by molar-refractivity contribution is 6.41.